The molecule has 18 heteroatoms. The first kappa shape index (κ1) is 52.1. The minimum atomic E-state index is -1.01. The van der Waals surface area contributed by atoms with E-state index in [4.69, 9.17) is 23.7 Å². The van der Waals surface area contributed by atoms with Crippen molar-refractivity contribution >= 4 is 36.2 Å². The number of carbonyl (C=O) groups excluding carboxylic acids is 5. The van der Waals surface area contributed by atoms with Crippen LogP contribution in [0.3, 0.4) is 0 Å². The summed E-state index contributed by atoms with van der Waals surface area (Å²) in [5.74, 6) is -1.64. The number of nitrogens with one attached hydrogen (secondary N) is 1. The molecule has 3 heterocycles. The maximum atomic E-state index is 12.6. The molecule has 5 fully saturated rings. The van der Waals surface area contributed by atoms with Gasteiger partial charge in [0.25, 0.3) is 0 Å². The van der Waals surface area contributed by atoms with Crippen LogP contribution in [0.5, 0.6) is 0 Å². The number of carbonyl (C=O) groups is 6. The number of carboxylic acids is 1. The van der Waals surface area contributed by atoms with E-state index < -0.39 is 42.4 Å². The normalized spacial score (nSPS) is 21.1. The van der Waals surface area contributed by atoms with Gasteiger partial charge in [0.1, 0.15) is 50.2 Å². The van der Waals surface area contributed by atoms with E-state index in [1.807, 2.05) is 115 Å². The predicted octanol–water partition coefficient (Wildman–Crippen LogP) is 5.53. The largest absolute Gasteiger partial charge is 0.480 e. The quantitative estimate of drug-likeness (QED) is 0.180. The molecule has 374 valence electrons. The number of benzene rings is 3. The molecule has 3 saturated heterocycles. The second-order valence-corrected chi connectivity index (χ2v) is 18.0. The molecule has 69 heavy (non-hydrogen) atoms. The number of likely N-dealkylation sites (N-methyl/N-ethyl adjacent to an activating group) is 2. The first-order valence-corrected chi connectivity index (χ1v) is 24.1. The fraction of sp³-hybridized carbons (Fsp3) is 0.529. The maximum absolute atomic E-state index is 12.6. The number of ether oxygens (including phenoxy) is 5. The Hall–Kier alpha value is -6.24. The number of amides is 3. The highest BCUT2D eigenvalue weighted by molar-refractivity contribution is 5.83. The Morgan fingerprint density at radius 3 is 1.28 bits per heavy atom. The molecule has 5 aliphatic rings. The van der Waals surface area contributed by atoms with Crippen LogP contribution < -0.4 is 5.32 Å². The number of esters is 2. The zero-order chi connectivity index (χ0) is 49.0. The van der Waals surface area contributed by atoms with Gasteiger partial charge < -0.3 is 43.9 Å². The van der Waals surface area contributed by atoms with Gasteiger partial charge in [-0.2, -0.15) is 0 Å². The minimum absolute atomic E-state index is 0.00150. The van der Waals surface area contributed by atoms with Gasteiger partial charge in [-0.1, -0.05) is 91.0 Å². The second kappa shape index (κ2) is 27.1. The molecule has 2 N–H and O–H groups in total. The molecule has 3 atom stereocenters. The van der Waals surface area contributed by atoms with Gasteiger partial charge in [0.2, 0.25) is 0 Å². The first-order valence-electron chi connectivity index (χ1n) is 24.1. The highest BCUT2D eigenvalue weighted by atomic mass is 16.6. The van der Waals surface area contributed by atoms with E-state index in [0.29, 0.717) is 58.9 Å². The molecule has 2 aliphatic carbocycles. The van der Waals surface area contributed by atoms with Crippen molar-refractivity contribution < 1.29 is 57.6 Å². The summed E-state index contributed by atoms with van der Waals surface area (Å²) in [5, 5.41) is 12.3. The standard InChI is InChI=1S/C19H26N2O4.C18H24N2O4.C14H18N2O4/c1-20-11-12-21(19(23)24-14-15-7-3-2-4-8-15)17(13-20)18(22)25-16-9-5-6-10-16;21-17(24-15-8-4-5-9-15)16-12-19-10-11-20(16)18(22)23-13-14-6-2-1-3-7-14;1-15-7-8-16(12(9-15)13(17)18)14(19)20-10-11-5-3-2-4-6-11/h2-4,7-8,16-17H,5-6,9-14H2,1H3;1-3,6-7,15-16,19H,4-5,8-13H2;2-6,12H,7-10H2,1H3,(H,17,18). The van der Waals surface area contributed by atoms with Gasteiger partial charge >= 0.3 is 36.2 Å². The van der Waals surface area contributed by atoms with Gasteiger partial charge in [-0.05, 0) is 82.2 Å². The van der Waals surface area contributed by atoms with Crippen LogP contribution >= 0.6 is 0 Å². The van der Waals surface area contributed by atoms with Crippen molar-refractivity contribution in [3.63, 3.8) is 0 Å². The smallest absolute Gasteiger partial charge is 0.410 e. The van der Waals surface area contributed by atoms with Crippen LogP contribution in [0.2, 0.25) is 0 Å². The van der Waals surface area contributed by atoms with Gasteiger partial charge in [0.05, 0.1) is 0 Å². The lowest BCUT2D eigenvalue weighted by Crippen LogP contribution is -2.58. The Kier molecular flexibility index (Phi) is 20.5. The lowest BCUT2D eigenvalue weighted by Gasteiger charge is -2.38. The number of aliphatic carboxylic acids is 1. The van der Waals surface area contributed by atoms with Gasteiger partial charge in [-0.25, -0.2) is 28.8 Å². The predicted molar refractivity (Wildman–Crippen MR) is 254 cm³/mol. The van der Waals surface area contributed by atoms with Crippen LogP contribution in [0, 0.1) is 0 Å². The zero-order valence-electron chi connectivity index (χ0n) is 39.9. The monoisotopic (exact) mass is 956 g/mol. The fourth-order valence-corrected chi connectivity index (χ4v) is 8.73. The Balaban J connectivity index is 0.000000171. The van der Waals surface area contributed by atoms with Crippen LogP contribution in [0.15, 0.2) is 91.0 Å². The Morgan fingerprint density at radius 1 is 0.507 bits per heavy atom. The Bertz CT molecular complexity index is 2090. The van der Waals surface area contributed by atoms with E-state index in [1.54, 1.807) is 0 Å². The van der Waals surface area contributed by atoms with Crippen molar-refractivity contribution in [1.82, 2.24) is 29.8 Å². The SMILES string of the molecule is CN1CCN(C(=O)OCc2ccccc2)C(C(=O)O)C1.CN1CCN(C(=O)OCc2ccccc2)C(C(=O)OC2CCCC2)C1.O=C(OC1CCCC1)C1CNCCN1C(=O)OCc1ccccc1. The summed E-state index contributed by atoms with van der Waals surface area (Å²) in [6.07, 6.45) is 6.61. The Morgan fingerprint density at radius 2 is 0.870 bits per heavy atom. The molecule has 3 amide bonds. The van der Waals surface area contributed by atoms with E-state index in [-0.39, 0.29) is 44.0 Å². The lowest BCUT2D eigenvalue weighted by atomic mass is 10.2. The average molecular weight is 957 g/mol. The molecule has 3 aliphatic heterocycles. The van der Waals surface area contributed by atoms with Crippen molar-refractivity contribution in [2.24, 2.45) is 0 Å². The van der Waals surface area contributed by atoms with Crippen LogP contribution in [-0.4, -0.2) is 169 Å². The number of hydrogen-bond donors (Lipinski definition) is 2. The van der Waals surface area contributed by atoms with Crippen LogP contribution in [0.4, 0.5) is 14.4 Å². The molecule has 0 aromatic heterocycles. The second-order valence-electron chi connectivity index (χ2n) is 18.0. The van der Waals surface area contributed by atoms with E-state index in [0.717, 1.165) is 68.1 Å². The molecule has 0 bridgehead atoms. The highest BCUT2D eigenvalue weighted by Crippen LogP contribution is 2.24. The third-order valence-corrected chi connectivity index (χ3v) is 12.7. The van der Waals surface area contributed by atoms with E-state index in [9.17, 15) is 33.9 Å². The first-order chi connectivity index (χ1) is 33.4. The topological polar surface area (TPSA) is 197 Å². The van der Waals surface area contributed by atoms with Gasteiger partial charge in [-0.15, -0.1) is 0 Å². The molecular formula is C51H68N6O12. The molecule has 0 radical (unpaired) electrons. The van der Waals surface area contributed by atoms with E-state index in [2.05, 4.69) is 5.32 Å². The number of hydrogen-bond acceptors (Lipinski definition) is 14. The molecule has 2 saturated carbocycles. The molecule has 0 spiro atoms. The summed E-state index contributed by atoms with van der Waals surface area (Å²) in [7, 11) is 3.78. The Labute approximate surface area is 404 Å². The minimum Gasteiger partial charge on any atom is -0.480 e. The molecule has 8 rings (SSSR count). The number of carboxylic acid groups (broad SMARTS) is 1. The molecule has 3 aromatic carbocycles. The van der Waals surface area contributed by atoms with Crippen molar-refractivity contribution in [2.75, 3.05) is 73.0 Å². The maximum Gasteiger partial charge on any atom is 0.410 e. The summed E-state index contributed by atoms with van der Waals surface area (Å²) in [6.45, 7) is 5.04. The van der Waals surface area contributed by atoms with Gasteiger partial charge in [0.15, 0.2) is 0 Å². The fourth-order valence-electron chi connectivity index (χ4n) is 8.73. The summed E-state index contributed by atoms with van der Waals surface area (Å²) in [6, 6.07) is 26.3. The average Bonchev–Trinajstić information content (AvgIpc) is 4.10. The molecular weight excluding hydrogens is 889 g/mol. The summed E-state index contributed by atoms with van der Waals surface area (Å²) in [4.78, 5) is 81.4. The molecule has 3 unspecified atom stereocenters. The molecule has 3 aromatic rings. The third kappa shape index (κ3) is 16.5. The van der Waals surface area contributed by atoms with Crippen molar-refractivity contribution in [1.29, 1.82) is 0 Å². The van der Waals surface area contributed by atoms with Crippen molar-refractivity contribution in [3.05, 3.63) is 108 Å². The summed E-state index contributed by atoms with van der Waals surface area (Å²) in [5.41, 5.74) is 2.72. The van der Waals surface area contributed by atoms with Gasteiger partial charge in [-0.3, -0.25) is 14.7 Å². The number of piperazine rings is 3. The van der Waals surface area contributed by atoms with E-state index >= 15 is 0 Å². The molecule has 18 nitrogen and oxygen atoms in total. The summed E-state index contributed by atoms with van der Waals surface area (Å²) >= 11 is 0. The zero-order valence-corrected chi connectivity index (χ0v) is 39.9. The van der Waals surface area contributed by atoms with Crippen LogP contribution in [0.1, 0.15) is 68.1 Å². The van der Waals surface area contributed by atoms with Crippen molar-refractivity contribution in [2.45, 2.75) is 102 Å². The van der Waals surface area contributed by atoms with Crippen LogP contribution in [0.25, 0.3) is 0 Å². The van der Waals surface area contributed by atoms with Crippen molar-refractivity contribution in [3.8, 4) is 0 Å². The van der Waals surface area contributed by atoms with E-state index in [1.165, 1.54) is 14.7 Å². The third-order valence-electron chi connectivity index (χ3n) is 12.7. The lowest BCUT2D eigenvalue weighted by molar-refractivity contribution is -0.157. The highest BCUT2D eigenvalue weighted by Gasteiger charge is 2.39. The number of nitrogens with zero attached hydrogens (tertiary/aromatic N) is 5. The summed E-state index contributed by atoms with van der Waals surface area (Å²) < 4.78 is 27.2. The van der Waals surface area contributed by atoms with Gasteiger partial charge in [0, 0.05) is 58.9 Å². The van der Waals surface area contributed by atoms with Crippen LogP contribution in [-0.2, 0) is 57.9 Å². The number of rotatable bonds is 11.